The van der Waals surface area contributed by atoms with Gasteiger partial charge in [0, 0.05) is 33.7 Å². The second-order valence-electron chi connectivity index (χ2n) is 9.88. The molecular formula is C29H22Cl2O8. The van der Waals surface area contributed by atoms with Crippen LogP contribution in [0.2, 0.25) is 10.0 Å². The molecule has 0 atom stereocenters. The number of phenols is 3. The maximum absolute atomic E-state index is 14.3. The molecule has 200 valence electrons. The van der Waals surface area contributed by atoms with Crippen LogP contribution in [0.15, 0.2) is 35.4 Å². The van der Waals surface area contributed by atoms with Gasteiger partial charge in [0.1, 0.15) is 33.8 Å². The monoisotopic (exact) mass is 568 g/mol. The van der Waals surface area contributed by atoms with Crippen LogP contribution in [0.5, 0.6) is 28.7 Å². The Balaban J connectivity index is 1.89. The Kier molecular flexibility index (Phi) is 5.97. The van der Waals surface area contributed by atoms with Crippen LogP contribution in [0.4, 0.5) is 0 Å². The van der Waals surface area contributed by atoms with Crippen molar-refractivity contribution < 1.29 is 39.2 Å². The fourth-order valence-corrected chi connectivity index (χ4v) is 6.13. The quantitative estimate of drug-likeness (QED) is 0.330. The van der Waals surface area contributed by atoms with Crippen molar-refractivity contribution in [2.24, 2.45) is 0 Å². The van der Waals surface area contributed by atoms with Gasteiger partial charge >= 0.3 is 0 Å². The standard InChI is InChI=1S/C29H22Cl2O8/c1-10-6-16(38-4)24(31)28(39-5)17(10)12-9-15(34)23(30)20-18(12)25(35)21-22(27(20)37)29(2,3)13-7-11(32)8-14(33)19(13)26(21)36/h6-9,32-34H,1-5H3. The van der Waals surface area contributed by atoms with Crippen LogP contribution in [-0.4, -0.2) is 46.9 Å². The minimum absolute atomic E-state index is 0.0713. The predicted molar refractivity (Wildman–Crippen MR) is 144 cm³/mol. The van der Waals surface area contributed by atoms with Crippen molar-refractivity contribution in [1.29, 1.82) is 0 Å². The van der Waals surface area contributed by atoms with Crippen molar-refractivity contribution in [3.63, 3.8) is 0 Å². The van der Waals surface area contributed by atoms with Crippen molar-refractivity contribution in [3.8, 4) is 39.9 Å². The molecule has 0 radical (unpaired) electrons. The van der Waals surface area contributed by atoms with Crippen molar-refractivity contribution in [3.05, 3.63) is 73.3 Å². The zero-order valence-corrected chi connectivity index (χ0v) is 23.0. The van der Waals surface area contributed by atoms with Gasteiger partial charge in [-0.25, -0.2) is 0 Å². The van der Waals surface area contributed by atoms with Gasteiger partial charge in [-0.3, -0.25) is 14.4 Å². The van der Waals surface area contributed by atoms with Crippen LogP contribution < -0.4 is 9.47 Å². The number of aromatic hydroxyl groups is 3. The van der Waals surface area contributed by atoms with Crippen molar-refractivity contribution in [2.45, 2.75) is 26.2 Å². The van der Waals surface area contributed by atoms with E-state index in [-0.39, 0.29) is 60.5 Å². The molecule has 0 unspecified atom stereocenters. The molecule has 8 nitrogen and oxygen atoms in total. The number of allylic oxidation sites excluding steroid dienone is 2. The highest BCUT2D eigenvalue weighted by Gasteiger charge is 2.51. The van der Waals surface area contributed by atoms with Crippen molar-refractivity contribution in [2.75, 3.05) is 14.2 Å². The van der Waals surface area contributed by atoms with Gasteiger partial charge in [0.25, 0.3) is 0 Å². The summed E-state index contributed by atoms with van der Waals surface area (Å²) in [6.45, 7) is 4.89. The second kappa shape index (κ2) is 8.76. The molecule has 0 aliphatic heterocycles. The number of carbonyl (C=O) groups is 3. The molecule has 2 aliphatic carbocycles. The number of carbonyl (C=O) groups excluding carboxylic acids is 3. The Morgan fingerprint density at radius 1 is 0.744 bits per heavy atom. The van der Waals surface area contributed by atoms with E-state index >= 15 is 0 Å². The third-order valence-corrected chi connectivity index (χ3v) is 8.08. The zero-order chi connectivity index (χ0) is 28.7. The van der Waals surface area contributed by atoms with E-state index in [1.807, 2.05) is 0 Å². The molecule has 0 amide bonds. The molecule has 10 heteroatoms. The molecule has 0 aromatic heterocycles. The lowest BCUT2D eigenvalue weighted by atomic mass is 9.62. The zero-order valence-electron chi connectivity index (χ0n) is 21.4. The largest absolute Gasteiger partial charge is 0.508 e. The van der Waals surface area contributed by atoms with Gasteiger partial charge in [-0.1, -0.05) is 37.0 Å². The number of hydrogen-bond acceptors (Lipinski definition) is 8. The molecular weight excluding hydrogens is 547 g/mol. The number of Topliss-reactive ketones (excluding diaryl/α,β-unsaturated/α-hetero) is 3. The normalized spacial score (nSPS) is 15.6. The molecule has 3 N–H and O–H groups in total. The second-order valence-corrected chi connectivity index (χ2v) is 10.6. The number of ether oxygens (including phenoxy) is 2. The topological polar surface area (TPSA) is 130 Å². The van der Waals surface area contributed by atoms with Gasteiger partial charge in [-0.05, 0) is 36.2 Å². The Hall–Kier alpha value is -4.01. The molecule has 5 rings (SSSR count). The van der Waals surface area contributed by atoms with Gasteiger partial charge in [0.15, 0.2) is 11.6 Å². The molecule has 0 heterocycles. The van der Waals surface area contributed by atoms with E-state index < -0.39 is 39.8 Å². The smallest absolute Gasteiger partial charge is 0.201 e. The predicted octanol–water partition coefficient (Wildman–Crippen LogP) is 5.95. The van der Waals surface area contributed by atoms with Crippen LogP contribution in [0.1, 0.15) is 56.0 Å². The highest BCUT2D eigenvalue weighted by molar-refractivity contribution is 6.46. The van der Waals surface area contributed by atoms with Gasteiger partial charge in [-0.15, -0.1) is 0 Å². The fourth-order valence-electron chi connectivity index (χ4n) is 5.59. The van der Waals surface area contributed by atoms with Gasteiger partial charge in [0.2, 0.25) is 5.78 Å². The number of halogens is 2. The van der Waals surface area contributed by atoms with Crippen molar-refractivity contribution >= 4 is 40.6 Å². The number of rotatable bonds is 3. The third-order valence-electron chi connectivity index (χ3n) is 7.34. The number of methoxy groups -OCH3 is 2. The Morgan fingerprint density at radius 2 is 1.38 bits per heavy atom. The lowest BCUT2D eigenvalue weighted by Gasteiger charge is -2.38. The summed E-state index contributed by atoms with van der Waals surface area (Å²) in [6, 6.07) is 5.09. The summed E-state index contributed by atoms with van der Waals surface area (Å²) in [5, 5.41) is 31.2. The Morgan fingerprint density at radius 3 is 2.00 bits per heavy atom. The SMILES string of the molecule is COc1cc(C)c(-c2cc(O)c(Cl)c3c2C(=O)C2=C(C3=O)C(C)(C)c3cc(O)cc(O)c3C2=O)c(OC)c1Cl. The maximum atomic E-state index is 14.3. The van der Waals surface area contributed by atoms with E-state index in [1.54, 1.807) is 26.8 Å². The average Bonchev–Trinajstić information content (AvgIpc) is 2.86. The van der Waals surface area contributed by atoms with E-state index in [0.29, 0.717) is 11.3 Å². The van der Waals surface area contributed by atoms with Crippen LogP contribution >= 0.6 is 23.2 Å². The molecule has 39 heavy (non-hydrogen) atoms. The number of hydrogen-bond donors (Lipinski definition) is 3. The summed E-state index contributed by atoms with van der Waals surface area (Å²) in [7, 11) is 2.79. The van der Waals surface area contributed by atoms with Gasteiger partial charge < -0.3 is 24.8 Å². The Bertz CT molecular complexity index is 1720. The number of ketones is 3. The van der Waals surface area contributed by atoms with Crippen LogP contribution in [0, 0.1) is 6.92 Å². The minimum atomic E-state index is -1.30. The Labute approximate surface area is 233 Å². The minimum Gasteiger partial charge on any atom is -0.508 e. The molecule has 0 spiro atoms. The number of aryl methyl sites for hydroxylation is 1. The van der Waals surface area contributed by atoms with Crippen molar-refractivity contribution in [1.82, 2.24) is 0 Å². The van der Waals surface area contributed by atoms with E-state index in [0.717, 1.165) is 6.07 Å². The first-order chi connectivity index (χ1) is 18.3. The molecule has 0 bridgehead atoms. The number of fused-ring (bicyclic) bond motifs is 2. The van der Waals surface area contributed by atoms with Gasteiger partial charge in [0.05, 0.1) is 35.9 Å². The average molecular weight is 569 g/mol. The van der Waals surface area contributed by atoms with E-state index in [1.165, 1.54) is 26.4 Å². The summed E-state index contributed by atoms with van der Waals surface area (Å²) >= 11 is 13.0. The first-order valence-corrected chi connectivity index (χ1v) is 12.5. The van der Waals surface area contributed by atoms with Crippen LogP contribution in [-0.2, 0) is 5.41 Å². The molecule has 3 aromatic rings. The summed E-state index contributed by atoms with van der Waals surface area (Å²) < 4.78 is 10.9. The molecule has 3 aromatic carbocycles. The lowest BCUT2D eigenvalue weighted by Crippen LogP contribution is -2.40. The summed E-state index contributed by atoms with van der Waals surface area (Å²) in [5.41, 5.74) is -1.50. The van der Waals surface area contributed by atoms with Crippen LogP contribution in [0.25, 0.3) is 11.1 Å². The molecule has 0 fully saturated rings. The van der Waals surface area contributed by atoms with E-state index in [2.05, 4.69) is 0 Å². The maximum Gasteiger partial charge on any atom is 0.201 e. The first-order valence-electron chi connectivity index (χ1n) is 11.7. The molecule has 0 saturated carbocycles. The molecule has 0 saturated heterocycles. The highest BCUT2D eigenvalue weighted by Crippen LogP contribution is 2.54. The van der Waals surface area contributed by atoms with E-state index in [9.17, 15) is 29.7 Å². The first kappa shape index (κ1) is 26.6. The lowest BCUT2D eigenvalue weighted by molar-refractivity contribution is 0.0909. The number of benzene rings is 3. The molecule has 2 aliphatic rings. The van der Waals surface area contributed by atoms with Crippen LogP contribution in [0.3, 0.4) is 0 Å². The highest BCUT2D eigenvalue weighted by atomic mass is 35.5. The summed E-state index contributed by atoms with van der Waals surface area (Å²) in [5.74, 6) is -3.33. The summed E-state index contributed by atoms with van der Waals surface area (Å²) in [4.78, 5) is 42.1. The van der Waals surface area contributed by atoms with E-state index in [4.69, 9.17) is 32.7 Å². The third kappa shape index (κ3) is 3.48. The fraction of sp³-hybridized carbons (Fsp3) is 0.207. The van der Waals surface area contributed by atoms with Gasteiger partial charge in [-0.2, -0.15) is 0 Å². The summed E-state index contributed by atoms with van der Waals surface area (Å²) in [6.07, 6.45) is 0. The number of phenolic OH excluding ortho intramolecular Hbond substituents is 3.